The van der Waals surface area contributed by atoms with Gasteiger partial charge in [0, 0.05) is 32.6 Å². The second-order valence-corrected chi connectivity index (χ2v) is 5.70. The molecular formula is C13H24N2O. The first-order valence-corrected chi connectivity index (χ1v) is 6.60. The smallest absolute Gasteiger partial charge is 0.152 e. The number of nitrogens with one attached hydrogen (secondary N) is 1. The average Bonchev–Trinajstić information content (AvgIpc) is 3.11. The van der Waals surface area contributed by atoms with Crippen LogP contribution in [0.4, 0.5) is 0 Å². The van der Waals surface area contributed by atoms with Crippen LogP contribution in [0.1, 0.15) is 39.5 Å². The second-order valence-electron chi connectivity index (χ2n) is 5.70. The number of carbonyl (C=O) groups is 1. The summed E-state index contributed by atoms with van der Waals surface area (Å²) in [4.78, 5) is 14.6. The zero-order chi connectivity index (χ0) is 11.6. The van der Waals surface area contributed by atoms with Crippen LogP contribution in [0.5, 0.6) is 0 Å². The van der Waals surface area contributed by atoms with Crippen molar-refractivity contribution in [1.82, 2.24) is 10.2 Å². The molecule has 0 spiro atoms. The Morgan fingerprint density at radius 3 is 2.50 bits per heavy atom. The maximum absolute atomic E-state index is 12.2. The summed E-state index contributed by atoms with van der Waals surface area (Å²) in [6, 6.07) is 0. The Balaban J connectivity index is 1.84. The van der Waals surface area contributed by atoms with Crippen LogP contribution in [0, 0.1) is 5.92 Å². The van der Waals surface area contributed by atoms with E-state index in [1.54, 1.807) is 0 Å². The lowest BCUT2D eigenvalue weighted by atomic mass is 9.92. The lowest BCUT2D eigenvalue weighted by Crippen LogP contribution is -2.57. The summed E-state index contributed by atoms with van der Waals surface area (Å²) in [6.45, 7) is 8.21. The Morgan fingerprint density at radius 2 is 1.94 bits per heavy atom. The first-order chi connectivity index (χ1) is 7.60. The molecule has 1 aliphatic heterocycles. The SMILES string of the molecule is CC(C)(C(=O)CCC1CC1)N1CCNCC1. The molecule has 0 aromatic carbocycles. The van der Waals surface area contributed by atoms with E-state index < -0.39 is 0 Å². The molecule has 0 aromatic heterocycles. The number of Topliss-reactive ketones (excluding diaryl/α,β-unsaturated/α-hetero) is 1. The molecule has 16 heavy (non-hydrogen) atoms. The van der Waals surface area contributed by atoms with E-state index in [1.807, 2.05) is 0 Å². The van der Waals surface area contributed by atoms with Gasteiger partial charge in [0.15, 0.2) is 5.78 Å². The van der Waals surface area contributed by atoms with E-state index in [-0.39, 0.29) is 5.54 Å². The Bertz CT molecular complexity index is 253. The van der Waals surface area contributed by atoms with Gasteiger partial charge >= 0.3 is 0 Å². The summed E-state index contributed by atoms with van der Waals surface area (Å²) in [6.07, 6.45) is 4.60. The molecule has 3 heteroatoms. The van der Waals surface area contributed by atoms with Crippen LogP contribution in [0.15, 0.2) is 0 Å². The van der Waals surface area contributed by atoms with Crippen molar-refractivity contribution < 1.29 is 4.79 Å². The highest BCUT2D eigenvalue weighted by atomic mass is 16.1. The molecule has 1 N–H and O–H groups in total. The van der Waals surface area contributed by atoms with Crippen molar-refractivity contribution in [3.05, 3.63) is 0 Å². The van der Waals surface area contributed by atoms with Crippen LogP contribution in [0.3, 0.4) is 0 Å². The van der Waals surface area contributed by atoms with Crippen LogP contribution in [-0.4, -0.2) is 42.4 Å². The van der Waals surface area contributed by atoms with Gasteiger partial charge in [-0.2, -0.15) is 0 Å². The van der Waals surface area contributed by atoms with Gasteiger partial charge < -0.3 is 5.32 Å². The summed E-state index contributed by atoms with van der Waals surface area (Å²) in [5, 5.41) is 3.33. The molecule has 0 aromatic rings. The number of carbonyl (C=O) groups excluding carboxylic acids is 1. The molecule has 2 aliphatic rings. The van der Waals surface area contributed by atoms with Crippen LogP contribution in [-0.2, 0) is 4.79 Å². The van der Waals surface area contributed by atoms with E-state index in [9.17, 15) is 4.79 Å². The average molecular weight is 224 g/mol. The first-order valence-electron chi connectivity index (χ1n) is 6.60. The Labute approximate surface area is 98.6 Å². The van der Waals surface area contributed by atoms with Gasteiger partial charge in [-0.15, -0.1) is 0 Å². The highest BCUT2D eigenvalue weighted by molar-refractivity contribution is 5.87. The lowest BCUT2D eigenvalue weighted by Gasteiger charge is -2.40. The Morgan fingerprint density at radius 1 is 1.31 bits per heavy atom. The maximum Gasteiger partial charge on any atom is 0.152 e. The monoisotopic (exact) mass is 224 g/mol. The maximum atomic E-state index is 12.2. The largest absolute Gasteiger partial charge is 0.314 e. The minimum atomic E-state index is -0.253. The van der Waals surface area contributed by atoms with Crippen molar-refractivity contribution in [2.24, 2.45) is 5.92 Å². The van der Waals surface area contributed by atoms with Crippen LogP contribution in [0.2, 0.25) is 0 Å². The molecule has 1 aliphatic carbocycles. The van der Waals surface area contributed by atoms with Gasteiger partial charge in [-0.25, -0.2) is 0 Å². The van der Waals surface area contributed by atoms with Gasteiger partial charge in [-0.1, -0.05) is 12.8 Å². The van der Waals surface area contributed by atoms with Gasteiger partial charge in [0.25, 0.3) is 0 Å². The molecule has 1 heterocycles. The highest BCUT2D eigenvalue weighted by Gasteiger charge is 2.35. The first kappa shape index (κ1) is 12.1. The van der Waals surface area contributed by atoms with Crippen LogP contribution >= 0.6 is 0 Å². The molecule has 0 unspecified atom stereocenters. The standard InChI is InChI=1S/C13H24N2O/c1-13(2,15-9-7-14-8-10-15)12(16)6-5-11-3-4-11/h11,14H,3-10H2,1-2H3. The predicted molar refractivity (Wildman–Crippen MR) is 65.5 cm³/mol. The van der Waals surface area contributed by atoms with Gasteiger partial charge in [0.05, 0.1) is 5.54 Å². The molecule has 1 saturated carbocycles. The molecule has 0 atom stereocenters. The lowest BCUT2D eigenvalue weighted by molar-refractivity contribution is -0.130. The van der Waals surface area contributed by atoms with Gasteiger partial charge in [0.1, 0.15) is 0 Å². The molecular weight excluding hydrogens is 200 g/mol. The van der Waals surface area contributed by atoms with E-state index in [1.165, 1.54) is 12.8 Å². The number of nitrogens with zero attached hydrogens (tertiary/aromatic N) is 1. The van der Waals surface area contributed by atoms with E-state index in [2.05, 4.69) is 24.1 Å². The third-order valence-corrected chi connectivity index (χ3v) is 4.07. The summed E-state index contributed by atoms with van der Waals surface area (Å²) < 4.78 is 0. The van der Waals surface area contributed by atoms with Crippen molar-refractivity contribution in [2.75, 3.05) is 26.2 Å². The van der Waals surface area contributed by atoms with Gasteiger partial charge in [-0.05, 0) is 26.2 Å². The molecule has 0 bridgehead atoms. The van der Waals surface area contributed by atoms with Crippen molar-refractivity contribution in [2.45, 2.75) is 45.1 Å². The van der Waals surface area contributed by atoms with E-state index in [4.69, 9.17) is 0 Å². The molecule has 92 valence electrons. The number of rotatable bonds is 5. The summed E-state index contributed by atoms with van der Waals surface area (Å²) >= 11 is 0. The van der Waals surface area contributed by atoms with Crippen molar-refractivity contribution in [3.63, 3.8) is 0 Å². The van der Waals surface area contributed by atoms with Crippen molar-refractivity contribution >= 4 is 5.78 Å². The summed E-state index contributed by atoms with van der Waals surface area (Å²) in [7, 11) is 0. The molecule has 1 saturated heterocycles. The summed E-state index contributed by atoms with van der Waals surface area (Å²) in [5.74, 6) is 1.30. The summed E-state index contributed by atoms with van der Waals surface area (Å²) in [5.41, 5.74) is -0.253. The van der Waals surface area contributed by atoms with Crippen LogP contribution in [0.25, 0.3) is 0 Å². The minimum absolute atomic E-state index is 0.253. The third kappa shape index (κ3) is 2.83. The number of ketones is 1. The topological polar surface area (TPSA) is 32.3 Å². The van der Waals surface area contributed by atoms with E-state index in [0.29, 0.717) is 5.78 Å². The van der Waals surface area contributed by atoms with Crippen molar-refractivity contribution in [3.8, 4) is 0 Å². The quantitative estimate of drug-likeness (QED) is 0.767. The highest BCUT2D eigenvalue weighted by Crippen LogP contribution is 2.34. The Hall–Kier alpha value is -0.410. The predicted octanol–water partition coefficient (Wildman–Crippen LogP) is 1.43. The third-order valence-electron chi connectivity index (χ3n) is 4.07. The molecule has 2 fully saturated rings. The van der Waals surface area contributed by atoms with Crippen molar-refractivity contribution in [1.29, 1.82) is 0 Å². The minimum Gasteiger partial charge on any atom is -0.314 e. The van der Waals surface area contributed by atoms with E-state index in [0.717, 1.165) is 44.9 Å². The van der Waals surface area contributed by atoms with Gasteiger partial charge in [-0.3, -0.25) is 9.69 Å². The fourth-order valence-electron chi connectivity index (χ4n) is 2.45. The molecule has 2 rings (SSSR count). The van der Waals surface area contributed by atoms with Crippen LogP contribution < -0.4 is 5.32 Å². The second kappa shape index (κ2) is 4.84. The normalized spacial score (nSPS) is 23.4. The number of hydrogen-bond donors (Lipinski definition) is 1. The van der Waals surface area contributed by atoms with Gasteiger partial charge in [0.2, 0.25) is 0 Å². The zero-order valence-electron chi connectivity index (χ0n) is 10.6. The zero-order valence-corrected chi connectivity index (χ0v) is 10.6. The molecule has 3 nitrogen and oxygen atoms in total. The molecule has 0 amide bonds. The molecule has 0 radical (unpaired) electrons. The number of hydrogen-bond acceptors (Lipinski definition) is 3. The fraction of sp³-hybridized carbons (Fsp3) is 0.923. The number of piperazine rings is 1. The Kier molecular flexibility index (Phi) is 3.65. The van der Waals surface area contributed by atoms with E-state index >= 15 is 0 Å². The fourth-order valence-corrected chi connectivity index (χ4v) is 2.45.